The second-order valence-electron chi connectivity index (χ2n) is 9.22. The number of hydrogen-bond donors (Lipinski definition) is 3. The molecule has 3 aromatic rings. The van der Waals surface area contributed by atoms with Gasteiger partial charge in [0.15, 0.2) is 11.2 Å². The van der Waals surface area contributed by atoms with Gasteiger partial charge < -0.3 is 24.9 Å². The van der Waals surface area contributed by atoms with Crippen LogP contribution in [0.15, 0.2) is 62.5 Å². The van der Waals surface area contributed by atoms with Crippen molar-refractivity contribution in [2.24, 2.45) is 10.7 Å². The molecule has 10 heteroatoms. The number of aryl methyl sites for hydroxylation is 1. The van der Waals surface area contributed by atoms with E-state index >= 15 is 0 Å². The molecular weight excluding hydrogens is 444 g/mol. The molecule has 2 aliphatic rings. The Morgan fingerprint density at radius 2 is 2.00 bits per heavy atom. The zero-order valence-electron chi connectivity index (χ0n) is 20.4. The van der Waals surface area contributed by atoms with Crippen molar-refractivity contribution >= 4 is 28.6 Å². The Kier molecular flexibility index (Phi) is 6.08. The van der Waals surface area contributed by atoms with Gasteiger partial charge in [-0.05, 0) is 50.2 Å². The minimum atomic E-state index is -1.10. The van der Waals surface area contributed by atoms with Crippen molar-refractivity contribution in [3.63, 3.8) is 0 Å². The van der Waals surface area contributed by atoms with Gasteiger partial charge in [-0.3, -0.25) is 10.3 Å². The zero-order chi connectivity index (χ0) is 24.6. The number of anilines is 2. The van der Waals surface area contributed by atoms with Gasteiger partial charge in [0.2, 0.25) is 5.96 Å². The number of oxazole rings is 1. The predicted octanol–water partition coefficient (Wildman–Crippen LogP) is 2.24. The number of nitrogens with two attached hydrogens (primary N) is 1. The molecule has 2 aliphatic heterocycles. The SMILES string of the molecule is CCCn1c(=O)oc2ccc(C3(N)N=C(Nc4ccc(N5CCN(C)CC5)nc4)NC=C3C)cc21. The minimum Gasteiger partial charge on any atom is -0.408 e. The Balaban J connectivity index is 1.39. The molecule has 10 nitrogen and oxygen atoms in total. The van der Waals surface area contributed by atoms with Crippen LogP contribution in [-0.2, 0) is 12.2 Å². The first kappa shape index (κ1) is 23.1. The molecule has 1 aromatic carbocycles. The van der Waals surface area contributed by atoms with Gasteiger partial charge in [0.25, 0.3) is 0 Å². The quantitative estimate of drug-likeness (QED) is 0.513. The second-order valence-corrected chi connectivity index (χ2v) is 9.22. The number of hydrogen-bond acceptors (Lipinski definition) is 9. The van der Waals surface area contributed by atoms with Crippen LogP contribution in [-0.4, -0.2) is 53.6 Å². The van der Waals surface area contributed by atoms with Crippen LogP contribution in [0.25, 0.3) is 11.1 Å². The molecule has 1 unspecified atom stereocenters. The van der Waals surface area contributed by atoms with Gasteiger partial charge in [0, 0.05) is 44.5 Å². The van der Waals surface area contributed by atoms with Gasteiger partial charge in [-0.25, -0.2) is 14.8 Å². The van der Waals surface area contributed by atoms with Crippen molar-refractivity contribution in [1.29, 1.82) is 0 Å². The third-order valence-corrected chi connectivity index (χ3v) is 6.71. The number of rotatable bonds is 5. The monoisotopic (exact) mass is 476 g/mol. The Hall–Kier alpha value is -3.63. The third-order valence-electron chi connectivity index (χ3n) is 6.71. The van der Waals surface area contributed by atoms with Gasteiger partial charge in [0.1, 0.15) is 5.82 Å². The number of benzene rings is 1. The summed E-state index contributed by atoms with van der Waals surface area (Å²) in [5, 5.41) is 6.47. The maximum absolute atomic E-state index is 12.2. The number of nitrogens with one attached hydrogen (secondary N) is 2. The van der Waals surface area contributed by atoms with Crippen LogP contribution in [0.4, 0.5) is 11.5 Å². The van der Waals surface area contributed by atoms with Crippen LogP contribution >= 0.6 is 0 Å². The third kappa shape index (κ3) is 4.42. The lowest BCUT2D eigenvalue weighted by molar-refractivity contribution is 0.312. The fourth-order valence-corrected chi connectivity index (χ4v) is 4.49. The standard InChI is InChI=1S/C25H32N8O2/c1-4-9-33-20-14-18(5-7-21(20)35-24(33)34)25(26)17(2)15-28-23(30-25)29-19-6-8-22(27-16-19)32-12-10-31(3)11-13-32/h5-8,14-16H,4,9-13,26H2,1-3H3,(H2,28,29,30). The van der Waals surface area contributed by atoms with Gasteiger partial charge in [0.05, 0.1) is 17.4 Å². The summed E-state index contributed by atoms with van der Waals surface area (Å²) in [6, 6.07) is 9.55. The molecule has 0 spiro atoms. The average Bonchev–Trinajstić information content (AvgIpc) is 3.17. The number of piperazine rings is 1. The number of aliphatic imine (C=N–C) groups is 1. The average molecular weight is 477 g/mol. The summed E-state index contributed by atoms with van der Waals surface area (Å²) in [6.07, 6.45) is 4.48. The number of guanidine groups is 1. The highest BCUT2D eigenvalue weighted by Crippen LogP contribution is 2.32. The highest BCUT2D eigenvalue weighted by Gasteiger charge is 2.33. The van der Waals surface area contributed by atoms with Gasteiger partial charge >= 0.3 is 5.76 Å². The smallest absolute Gasteiger partial charge is 0.408 e. The highest BCUT2D eigenvalue weighted by atomic mass is 16.4. The molecule has 0 radical (unpaired) electrons. The molecule has 0 bridgehead atoms. The van der Waals surface area contributed by atoms with Crippen molar-refractivity contribution in [1.82, 2.24) is 19.8 Å². The maximum atomic E-state index is 12.2. The molecule has 1 saturated heterocycles. The minimum absolute atomic E-state index is 0.360. The van der Waals surface area contributed by atoms with Crippen molar-refractivity contribution in [3.8, 4) is 0 Å². The molecule has 4 heterocycles. The molecule has 184 valence electrons. The number of pyridine rings is 1. The molecule has 1 fully saturated rings. The van der Waals surface area contributed by atoms with E-state index in [-0.39, 0.29) is 5.76 Å². The zero-order valence-corrected chi connectivity index (χ0v) is 20.4. The van der Waals surface area contributed by atoms with Crippen LogP contribution in [0.2, 0.25) is 0 Å². The van der Waals surface area contributed by atoms with E-state index in [0.717, 1.165) is 60.8 Å². The second kappa shape index (κ2) is 9.20. The lowest BCUT2D eigenvalue weighted by atomic mass is 9.93. The van der Waals surface area contributed by atoms with Crippen LogP contribution in [0.3, 0.4) is 0 Å². The van der Waals surface area contributed by atoms with Crippen LogP contribution in [0.1, 0.15) is 25.8 Å². The highest BCUT2D eigenvalue weighted by molar-refractivity contribution is 5.95. The van der Waals surface area contributed by atoms with E-state index in [4.69, 9.17) is 15.1 Å². The predicted molar refractivity (Wildman–Crippen MR) is 139 cm³/mol. The number of aromatic nitrogens is 2. The van der Waals surface area contributed by atoms with Gasteiger partial charge in [-0.1, -0.05) is 13.0 Å². The van der Waals surface area contributed by atoms with Gasteiger partial charge in [-0.15, -0.1) is 0 Å². The van der Waals surface area contributed by atoms with Crippen LogP contribution < -0.4 is 27.0 Å². The molecule has 0 saturated carbocycles. The van der Waals surface area contributed by atoms with E-state index in [1.165, 1.54) is 0 Å². The van der Waals surface area contributed by atoms with Crippen LogP contribution in [0.5, 0.6) is 0 Å². The molecular formula is C25H32N8O2. The van der Waals surface area contributed by atoms with E-state index in [0.29, 0.717) is 18.1 Å². The Morgan fingerprint density at radius 1 is 1.20 bits per heavy atom. The number of nitrogens with zero attached hydrogens (tertiary/aromatic N) is 5. The topological polar surface area (TPSA) is 117 Å². The first-order valence-electron chi connectivity index (χ1n) is 12.0. The largest absolute Gasteiger partial charge is 0.419 e. The number of likely N-dealkylation sites (N-methyl/N-ethyl adjacent to an activating group) is 1. The first-order chi connectivity index (χ1) is 16.9. The normalized spacial score (nSPS) is 21.0. The molecule has 0 aliphatic carbocycles. The Bertz CT molecular complexity index is 1330. The molecule has 5 rings (SSSR count). The lowest BCUT2D eigenvalue weighted by Gasteiger charge is -2.33. The molecule has 4 N–H and O–H groups in total. The van der Waals surface area contributed by atoms with E-state index in [1.54, 1.807) is 10.6 Å². The fraction of sp³-hybridized carbons (Fsp3) is 0.400. The molecule has 2 aromatic heterocycles. The summed E-state index contributed by atoms with van der Waals surface area (Å²) in [4.78, 5) is 26.3. The summed E-state index contributed by atoms with van der Waals surface area (Å²) in [6.45, 7) is 8.54. The van der Waals surface area contributed by atoms with Crippen molar-refractivity contribution < 1.29 is 4.42 Å². The van der Waals surface area contributed by atoms with Crippen molar-refractivity contribution in [3.05, 3.63) is 64.4 Å². The molecule has 35 heavy (non-hydrogen) atoms. The van der Waals surface area contributed by atoms with E-state index in [1.807, 2.05) is 50.5 Å². The van der Waals surface area contributed by atoms with Gasteiger partial charge in [-0.2, -0.15) is 0 Å². The fourth-order valence-electron chi connectivity index (χ4n) is 4.49. The number of fused-ring (bicyclic) bond motifs is 1. The lowest BCUT2D eigenvalue weighted by Crippen LogP contribution is -2.45. The summed E-state index contributed by atoms with van der Waals surface area (Å²) < 4.78 is 7.03. The molecule has 1 atom stereocenters. The Labute approximate surface area is 204 Å². The molecule has 0 amide bonds. The van der Waals surface area contributed by atoms with Crippen LogP contribution in [0, 0.1) is 0 Å². The van der Waals surface area contributed by atoms with Crippen molar-refractivity contribution in [2.45, 2.75) is 32.5 Å². The van der Waals surface area contributed by atoms with Crippen molar-refractivity contribution in [2.75, 3.05) is 43.4 Å². The van der Waals surface area contributed by atoms with E-state index in [9.17, 15) is 4.79 Å². The van der Waals surface area contributed by atoms with E-state index < -0.39 is 5.66 Å². The van der Waals surface area contributed by atoms with E-state index in [2.05, 4.69) is 32.5 Å². The Morgan fingerprint density at radius 3 is 2.71 bits per heavy atom. The summed E-state index contributed by atoms with van der Waals surface area (Å²) in [7, 11) is 2.14. The maximum Gasteiger partial charge on any atom is 0.419 e. The summed E-state index contributed by atoms with van der Waals surface area (Å²) in [5.74, 6) is 1.13. The summed E-state index contributed by atoms with van der Waals surface area (Å²) in [5.41, 5.74) is 9.44. The summed E-state index contributed by atoms with van der Waals surface area (Å²) >= 11 is 0. The first-order valence-corrected chi connectivity index (χ1v) is 12.0.